The van der Waals surface area contributed by atoms with Gasteiger partial charge in [-0.15, -0.1) is 0 Å². The third-order valence-electron chi connectivity index (χ3n) is 4.76. The fraction of sp³-hybridized carbons (Fsp3) is 0.368. The van der Waals surface area contributed by atoms with Gasteiger partial charge in [0.15, 0.2) is 0 Å². The summed E-state index contributed by atoms with van der Waals surface area (Å²) in [6.07, 6.45) is -4.44. The predicted molar refractivity (Wildman–Crippen MR) is 97.7 cm³/mol. The molecule has 2 aromatic rings. The van der Waals surface area contributed by atoms with Crippen molar-refractivity contribution in [3.63, 3.8) is 0 Å². The Bertz CT molecular complexity index is 775. The average Bonchev–Trinajstić information content (AvgIpc) is 2.75. The zero-order chi connectivity index (χ0) is 19.2. The maximum atomic E-state index is 13.4. The summed E-state index contributed by atoms with van der Waals surface area (Å²) in [5.41, 5.74) is -1.56. The minimum atomic E-state index is -4.44. The van der Waals surface area contributed by atoms with E-state index in [0.29, 0.717) is 10.4 Å². The van der Waals surface area contributed by atoms with E-state index in [-0.39, 0.29) is 0 Å². The number of benzene rings is 2. The van der Waals surface area contributed by atoms with Crippen LogP contribution in [0.2, 0.25) is 0 Å². The Morgan fingerprint density at radius 2 is 1.42 bits per heavy atom. The quantitative estimate of drug-likeness (QED) is 0.686. The van der Waals surface area contributed by atoms with E-state index >= 15 is 0 Å². The largest absolute Gasteiger partial charge is 0.494 e. The Labute approximate surface area is 156 Å². The minimum Gasteiger partial charge on any atom is -0.399 e. The van der Waals surface area contributed by atoms with E-state index in [9.17, 15) is 13.2 Å². The molecule has 0 radical (unpaired) electrons. The third kappa shape index (κ3) is 3.95. The van der Waals surface area contributed by atoms with Crippen molar-refractivity contribution in [2.75, 3.05) is 0 Å². The van der Waals surface area contributed by atoms with Crippen molar-refractivity contribution in [2.24, 2.45) is 0 Å². The Morgan fingerprint density at radius 1 is 0.846 bits per heavy atom. The number of hydrogen-bond donors (Lipinski definition) is 0. The first kappa shape index (κ1) is 19.3. The normalized spacial score (nSPS) is 19.0. The molecule has 1 saturated heterocycles. The van der Waals surface area contributed by atoms with Crippen LogP contribution < -0.4 is 5.46 Å². The van der Waals surface area contributed by atoms with Gasteiger partial charge in [-0.2, -0.15) is 13.2 Å². The fourth-order valence-corrected chi connectivity index (χ4v) is 3.53. The van der Waals surface area contributed by atoms with E-state index in [1.165, 1.54) is 11.8 Å². The third-order valence-corrected chi connectivity index (χ3v) is 5.74. The second kappa shape index (κ2) is 6.62. The van der Waals surface area contributed by atoms with Crippen molar-refractivity contribution in [1.82, 2.24) is 0 Å². The molecule has 138 valence electrons. The van der Waals surface area contributed by atoms with Gasteiger partial charge >= 0.3 is 13.3 Å². The van der Waals surface area contributed by atoms with Gasteiger partial charge in [-0.1, -0.05) is 36.0 Å². The monoisotopic (exact) mass is 380 g/mol. The SMILES string of the molecule is CC1(C)OB(c2cc(Sc3ccccc3)cc(C(F)(F)F)c2)OC1(C)C. The molecule has 0 aliphatic carbocycles. The molecular formula is C19H20BF3O2S. The molecule has 0 aromatic heterocycles. The molecule has 0 saturated carbocycles. The van der Waals surface area contributed by atoms with Crippen LogP contribution in [0.25, 0.3) is 0 Å². The molecule has 1 fully saturated rings. The lowest BCUT2D eigenvalue weighted by atomic mass is 9.78. The lowest BCUT2D eigenvalue weighted by molar-refractivity contribution is -0.137. The summed E-state index contributed by atoms with van der Waals surface area (Å²) < 4.78 is 52.0. The molecule has 0 spiro atoms. The van der Waals surface area contributed by atoms with Crippen molar-refractivity contribution in [1.29, 1.82) is 0 Å². The maximum Gasteiger partial charge on any atom is 0.494 e. The highest BCUT2D eigenvalue weighted by Gasteiger charge is 2.52. The standard InChI is InChI=1S/C19H20BF3O2S/c1-17(2)18(3,4)25-20(24-17)14-10-13(19(21,22)23)11-16(12-14)26-15-8-6-5-7-9-15/h5-12H,1-4H3. The number of hydrogen-bond acceptors (Lipinski definition) is 3. The Morgan fingerprint density at radius 3 is 1.96 bits per heavy atom. The van der Waals surface area contributed by atoms with Gasteiger partial charge in [0.2, 0.25) is 0 Å². The van der Waals surface area contributed by atoms with Crippen LogP contribution in [0.5, 0.6) is 0 Å². The summed E-state index contributed by atoms with van der Waals surface area (Å²) in [5.74, 6) is 0. The highest BCUT2D eigenvalue weighted by Crippen LogP contribution is 2.38. The molecule has 0 N–H and O–H groups in total. The van der Waals surface area contributed by atoms with Crippen LogP contribution >= 0.6 is 11.8 Å². The molecule has 2 aromatic carbocycles. The zero-order valence-electron chi connectivity index (χ0n) is 15.1. The van der Waals surface area contributed by atoms with Gasteiger partial charge in [-0.3, -0.25) is 0 Å². The number of alkyl halides is 3. The number of halogens is 3. The van der Waals surface area contributed by atoms with Crippen LogP contribution in [0.4, 0.5) is 13.2 Å². The summed E-state index contributed by atoms with van der Waals surface area (Å²) in [5, 5.41) is 0. The molecule has 7 heteroatoms. The molecule has 1 aliphatic heterocycles. The Kier molecular flexibility index (Phi) is 4.92. The summed E-state index contributed by atoms with van der Waals surface area (Å²) in [6, 6.07) is 13.3. The van der Waals surface area contributed by atoms with E-state index in [4.69, 9.17) is 9.31 Å². The first-order chi connectivity index (χ1) is 12.0. The maximum absolute atomic E-state index is 13.4. The summed E-state index contributed by atoms with van der Waals surface area (Å²) >= 11 is 1.28. The summed E-state index contributed by atoms with van der Waals surface area (Å²) in [4.78, 5) is 1.36. The van der Waals surface area contributed by atoms with Crippen molar-refractivity contribution < 1.29 is 22.5 Å². The molecule has 0 unspecified atom stereocenters. The van der Waals surface area contributed by atoms with Gasteiger partial charge in [0, 0.05) is 9.79 Å². The molecule has 0 amide bonds. The highest BCUT2D eigenvalue weighted by atomic mass is 32.2. The van der Waals surface area contributed by atoms with Gasteiger partial charge in [0.05, 0.1) is 16.8 Å². The topological polar surface area (TPSA) is 18.5 Å². The van der Waals surface area contributed by atoms with Crippen molar-refractivity contribution in [3.8, 4) is 0 Å². The van der Waals surface area contributed by atoms with Crippen LogP contribution in [0.15, 0.2) is 58.3 Å². The second-order valence-electron chi connectivity index (χ2n) is 7.29. The van der Waals surface area contributed by atoms with E-state index in [1.54, 1.807) is 6.07 Å². The van der Waals surface area contributed by atoms with Crippen molar-refractivity contribution in [3.05, 3.63) is 54.1 Å². The smallest absolute Gasteiger partial charge is 0.399 e. The molecule has 0 atom stereocenters. The Hall–Kier alpha value is -1.44. The molecular weight excluding hydrogens is 360 g/mol. The van der Waals surface area contributed by atoms with Crippen LogP contribution in [0.1, 0.15) is 33.3 Å². The molecule has 3 rings (SSSR count). The van der Waals surface area contributed by atoms with E-state index in [2.05, 4.69) is 0 Å². The van der Waals surface area contributed by atoms with Crippen LogP contribution in [-0.2, 0) is 15.5 Å². The van der Waals surface area contributed by atoms with Crippen LogP contribution in [-0.4, -0.2) is 18.3 Å². The van der Waals surface area contributed by atoms with E-state index in [1.807, 2.05) is 58.0 Å². The van der Waals surface area contributed by atoms with Gasteiger partial charge in [0.1, 0.15) is 0 Å². The predicted octanol–water partition coefficient (Wildman–Crippen LogP) is 5.16. The second-order valence-corrected chi connectivity index (χ2v) is 8.44. The molecule has 1 heterocycles. The zero-order valence-corrected chi connectivity index (χ0v) is 15.9. The van der Waals surface area contributed by atoms with Crippen LogP contribution in [0, 0.1) is 0 Å². The molecule has 26 heavy (non-hydrogen) atoms. The lowest BCUT2D eigenvalue weighted by Gasteiger charge is -2.32. The highest BCUT2D eigenvalue weighted by molar-refractivity contribution is 7.99. The molecule has 2 nitrogen and oxygen atoms in total. The summed E-state index contributed by atoms with van der Waals surface area (Å²) in [6.45, 7) is 7.50. The first-order valence-electron chi connectivity index (χ1n) is 8.29. The fourth-order valence-electron chi connectivity index (χ4n) is 2.58. The van der Waals surface area contributed by atoms with Crippen molar-refractivity contribution >= 4 is 24.3 Å². The minimum absolute atomic E-state index is 0.372. The van der Waals surface area contributed by atoms with E-state index in [0.717, 1.165) is 17.0 Å². The molecule has 0 bridgehead atoms. The van der Waals surface area contributed by atoms with Crippen LogP contribution in [0.3, 0.4) is 0 Å². The van der Waals surface area contributed by atoms with E-state index < -0.39 is 30.1 Å². The Balaban J connectivity index is 1.99. The van der Waals surface area contributed by atoms with Gasteiger partial charge < -0.3 is 9.31 Å². The van der Waals surface area contributed by atoms with Gasteiger partial charge in [0.25, 0.3) is 0 Å². The lowest BCUT2D eigenvalue weighted by Crippen LogP contribution is -2.41. The van der Waals surface area contributed by atoms with Crippen molar-refractivity contribution in [2.45, 2.75) is 54.9 Å². The number of rotatable bonds is 3. The summed E-state index contributed by atoms with van der Waals surface area (Å²) in [7, 11) is -0.836. The first-order valence-corrected chi connectivity index (χ1v) is 9.10. The molecule has 1 aliphatic rings. The van der Waals surface area contributed by atoms with Gasteiger partial charge in [-0.05, 0) is 57.4 Å². The van der Waals surface area contributed by atoms with Gasteiger partial charge in [-0.25, -0.2) is 0 Å². The average molecular weight is 380 g/mol.